The molecule has 2 atom stereocenters. The molecule has 5 nitrogen and oxygen atoms in total. The van der Waals surface area contributed by atoms with Gasteiger partial charge in [0.15, 0.2) is 0 Å². The number of methoxy groups -OCH3 is 1. The van der Waals surface area contributed by atoms with Crippen molar-refractivity contribution in [2.75, 3.05) is 7.11 Å². The van der Waals surface area contributed by atoms with Gasteiger partial charge in [-0.15, -0.1) is 0 Å². The summed E-state index contributed by atoms with van der Waals surface area (Å²) in [5.41, 5.74) is 2.56. The van der Waals surface area contributed by atoms with E-state index in [4.69, 9.17) is 4.74 Å². The molecule has 0 spiro atoms. The number of aliphatic hydroxyl groups excluding tert-OH is 1. The Hall–Kier alpha value is -1.89. The van der Waals surface area contributed by atoms with E-state index in [0.717, 1.165) is 16.7 Å². The molecule has 0 radical (unpaired) electrons. The quantitative estimate of drug-likeness (QED) is 0.896. The number of sulfonamides is 1. The van der Waals surface area contributed by atoms with Crippen LogP contribution in [0.1, 0.15) is 22.8 Å². The van der Waals surface area contributed by atoms with Crippen molar-refractivity contribution in [2.45, 2.75) is 30.4 Å². The molecule has 1 aliphatic rings. The summed E-state index contributed by atoms with van der Waals surface area (Å²) < 4.78 is 33.2. The smallest absolute Gasteiger partial charge is 0.244 e. The van der Waals surface area contributed by atoms with Crippen LogP contribution in [0, 0.1) is 6.92 Å². The van der Waals surface area contributed by atoms with Gasteiger partial charge in [-0.05, 0) is 42.2 Å². The predicted molar refractivity (Wildman–Crippen MR) is 86.9 cm³/mol. The van der Waals surface area contributed by atoms with Gasteiger partial charge < -0.3 is 9.84 Å². The van der Waals surface area contributed by atoms with E-state index >= 15 is 0 Å². The molecule has 122 valence electrons. The molecule has 0 aromatic heterocycles. The summed E-state index contributed by atoms with van der Waals surface area (Å²) in [5, 5.41) is 10.4. The molecule has 2 aromatic carbocycles. The molecular weight excluding hydrogens is 314 g/mol. The molecule has 0 saturated carbocycles. The minimum absolute atomic E-state index is 0.0863. The van der Waals surface area contributed by atoms with Crippen molar-refractivity contribution < 1.29 is 18.3 Å². The van der Waals surface area contributed by atoms with E-state index in [0.29, 0.717) is 6.42 Å². The molecule has 23 heavy (non-hydrogen) atoms. The fraction of sp³-hybridized carbons (Fsp3) is 0.294. The molecule has 0 heterocycles. The molecule has 0 fully saturated rings. The number of aliphatic hydroxyl groups is 1. The van der Waals surface area contributed by atoms with Crippen molar-refractivity contribution in [3.05, 3.63) is 59.2 Å². The number of fused-ring (bicyclic) bond motifs is 1. The van der Waals surface area contributed by atoms with Crippen molar-refractivity contribution in [3.8, 4) is 5.75 Å². The number of aryl methyl sites for hydroxylation is 1. The summed E-state index contributed by atoms with van der Waals surface area (Å²) in [4.78, 5) is 0.0863. The summed E-state index contributed by atoms with van der Waals surface area (Å²) in [6, 6.07) is 11.8. The van der Waals surface area contributed by atoms with Gasteiger partial charge >= 0.3 is 0 Å². The van der Waals surface area contributed by atoms with Crippen LogP contribution in [0.5, 0.6) is 5.75 Å². The van der Waals surface area contributed by atoms with E-state index < -0.39 is 22.2 Å². The van der Waals surface area contributed by atoms with Crippen LogP contribution < -0.4 is 9.46 Å². The number of ether oxygens (including phenoxy) is 1. The lowest BCUT2D eigenvalue weighted by Crippen LogP contribution is -2.37. The van der Waals surface area contributed by atoms with Crippen LogP contribution in [0.15, 0.2) is 47.4 Å². The number of hydrogen-bond acceptors (Lipinski definition) is 4. The summed E-state index contributed by atoms with van der Waals surface area (Å²) in [6.07, 6.45) is -0.387. The third-order valence-electron chi connectivity index (χ3n) is 4.11. The maximum atomic E-state index is 12.7. The Bertz CT molecular complexity index is 832. The van der Waals surface area contributed by atoms with E-state index in [1.54, 1.807) is 18.2 Å². The first kappa shape index (κ1) is 16.0. The molecule has 2 unspecified atom stereocenters. The Balaban J connectivity index is 1.90. The van der Waals surface area contributed by atoms with E-state index in [-0.39, 0.29) is 10.6 Å². The maximum Gasteiger partial charge on any atom is 0.244 e. The van der Waals surface area contributed by atoms with Crippen LogP contribution in [-0.2, 0) is 16.4 Å². The van der Waals surface area contributed by atoms with Gasteiger partial charge in [0.05, 0.1) is 19.3 Å². The number of hydrogen-bond donors (Lipinski definition) is 2. The van der Waals surface area contributed by atoms with Crippen LogP contribution in [-0.4, -0.2) is 26.7 Å². The zero-order valence-electron chi connectivity index (χ0n) is 13.0. The molecule has 6 heteroatoms. The molecule has 0 amide bonds. The molecule has 1 aliphatic carbocycles. The first-order chi connectivity index (χ1) is 10.9. The fourth-order valence-electron chi connectivity index (χ4n) is 2.94. The third-order valence-corrected chi connectivity index (χ3v) is 5.62. The van der Waals surface area contributed by atoms with E-state index in [9.17, 15) is 13.5 Å². The van der Waals surface area contributed by atoms with Crippen LogP contribution >= 0.6 is 0 Å². The SMILES string of the molecule is COc1ccc(C)cc1S(=O)(=O)NC1Cc2ccccc2C1O. The first-order valence-electron chi connectivity index (χ1n) is 7.35. The van der Waals surface area contributed by atoms with Crippen LogP contribution in [0.25, 0.3) is 0 Å². The van der Waals surface area contributed by atoms with Gasteiger partial charge in [0.1, 0.15) is 10.6 Å². The Labute approximate surface area is 136 Å². The van der Waals surface area contributed by atoms with Crippen LogP contribution in [0.4, 0.5) is 0 Å². The Morgan fingerprint density at radius 2 is 1.96 bits per heavy atom. The number of nitrogens with one attached hydrogen (secondary N) is 1. The highest BCUT2D eigenvalue weighted by molar-refractivity contribution is 7.89. The molecular formula is C17H19NO4S. The highest BCUT2D eigenvalue weighted by Crippen LogP contribution is 2.33. The Morgan fingerprint density at radius 1 is 1.22 bits per heavy atom. The number of benzene rings is 2. The second kappa shape index (κ2) is 5.96. The maximum absolute atomic E-state index is 12.7. The van der Waals surface area contributed by atoms with Gasteiger partial charge in [-0.3, -0.25) is 0 Å². The summed E-state index contributed by atoms with van der Waals surface area (Å²) in [5.74, 6) is 0.285. The van der Waals surface area contributed by atoms with Crippen molar-refractivity contribution in [1.29, 1.82) is 0 Å². The lowest BCUT2D eigenvalue weighted by atomic mass is 10.1. The second-order valence-corrected chi connectivity index (χ2v) is 7.41. The topological polar surface area (TPSA) is 75.6 Å². The van der Waals surface area contributed by atoms with E-state index in [2.05, 4.69) is 4.72 Å². The predicted octanol–water partition coefficient (Wildman–Crippen LogP) is 1.94. The summed E-state index contributed by atoms with van der Waals surface area (Å²) in [7, 11) is -2.36. The monoisotopic (exact) mass is 333 g/mol. The van der Waals surface area contributed by atoms with Gasteiger partial charge in [0, 0.05) is 0 Å². The van der Waals surface area contributed by atoms with Crippen molar-refractivity contribution in [1.82, 2.24) is 4.72 Å². The summed E-state index contributed by atoms with van der Waals surface area (Å²) in [6.45, 7) is 1.82. The third kappa shape index (κ3) is 2.97. The molecule has 2 aromatic rings. The van der Waals surface area contributed by atoms with Crippen LogP contribution in [0.2, 0.25) is 0 Å². The van der Waals surface area contributed by atoms with Gasteiger partial charge in [-0.25, -0.2) is 13.1 Å². The fourth-order valence-corrected chi connectivity index (χ4v) is 4.43. The average Bonchev–Trinajstić information content (AvgIpc) is 2.83. The molecule has 3 rings (SSSR count). The highest BCUT2D eigenvalue weighted by atomic mass is 32.2. The lowest BCUT2D eigenvalue weighted by Gasteiger charge is -2.18. The van der Waals surface area contributed by atoms with Gasteiger partial charge in [-0.1, -0.05) is 30.3 Å². The highest BCUT2D eigenvalue weighted by Gasteiger charge is 2.34. The minimum Gasteiger partial charge on any atom is -0.495 e. The van der Waals surface area contributed by atoms with Crippen LogP contribution in [0.3, 0.4) is 0 Å². The molecule has 0 bridgehead atoms. The van der Waals surface area contributed by atoms with Crippen molar-refractivity contribution >= 4 is 10.0 Å². The normalized spacial score (nSPS) is 20.3. The summed E-state index contributed by atoms with van der Waals surface area (Å²) >= 11 is 0. The first-order valence-corrected chi connectivity index (χ1v) is 8.83. The van der Waals surface area contributed by atoms with Crippen molar-refractivity contribution in [3.63, 3.8) is 0 Å². The van der Waals surface area contributed by atoms with Gasteiger partial charge in [0.2, 0.25) is 10.0 Å². The van der Waals surface area contributed by atoms with E-state index in [1.165, 1.54) is 7.11 Å². The zero-order chi connectivity index (χ0) is 16.6. The Kier molecular flexibility index (Phi) is 4.14. The lowest BCUT2D eigenvalue weighted by molar-refractivity contribution is 0.152. The van der Waals surface area contributed by atoms with Gasteiger partial charge in [0.25, 0.3) is 0 Å². The largest absolute Gasteiger partial charge is 0.495 e. The van der Waals surface area contributed by atoms with Gasteiger partial charge in [-0.2, -0.15) is 0 Å². The Morgan fingerprint density at radius 3 is 2.65 bits per heavy atom. The number of rotatable bonds is 4. The van der Waals surface area contributed by atoms with E-state index in [1.807, 2.05) is 31.2 Å². The zero-order valence-corrected chi connectivity index (χ0v) is 13.8. The molecule has 0 aliphatic heterocycles. The minimum atomic E-state index is -3.79. The average molecular weight is 333 g/mol. The van der Waals surface area contributed by atoms with Crippen molar-refractivity contribution in [2.24, 2.45) is 0 Å². The standard InChI is InChI=1S/C17H19NO4S/c1-11-7-8-15(22-2)16(9-11)23(20,21)18-14-10-12-5-3-4-6-13(12)17(14)19/h3-9,14,17-19H,10H2,1-2H3. The molecule has 0 saturated heterocycles. The second-order valence-electron chi connectivity index (χ2n) is 5.73. The molecule has 2 N–H and O–H groups in total.